The Bertz CT molecular complexity index is 903. The molecule has 28 heavy (non-hydrogen) atoms. The average Bonchev–Trinajstić information content (AvgIpc) is 3.12. The van der Waals surface area contributed by atoms with Gasteiger partial charge in [0, 0.05) is 11.1 Å². The van der Waals surface area contributed by atoms with Crippen LogP contribution in [0.2, 0.25) is 0 Å². The lowest BCUT2D eigenvalue weighted by atomic mass is 10.1. The Morgan fingerprint density at radius 2 is 1.61 bits per heavy atom. The van der Waals surface area contributed by atoms with Gasteiger partial charge in [-0.05, 0) is 32.9 Å². The number of carbonyl (C=O) groups is 2. The molecule has 0 saturated carbocycles. The van der Waals surface area contributed by atoms with Gasteiger partial charge in [0.1, 0.15) is 0 Å². The van der Waals surface area contributed by atoms with E-state index in [0.717, 1.165) is 11.3 Å². The maximum absolute atomic E-state index is 12.4. The van der Waals surface area contributed by atoms with E-state index in [1.807, 2.05) is 81.4 Å². The monoisotopic (exact) mass is 378 g/mol. The summed E-state index contributed by atoms with van der Waals surface area (Å²) in [7, 11) is 0. The van der Waals surface area contributed by atoms with Crippen molar-refractivity contribution in [2.75, 3.05) is 6.61 Å². The highest BCUT2D eigenvalue weighted by Crippen LogP contribution is 2.21. The number of para-hydroxylation sites is 1. The van der Waals surface area contributed by atoms with Gasteiger partial charge in [0.15, 0.2) is 12.4 Å². The summed E-state index contributed by atoms with van der Waals surface area (Å²) in [6, 6.07) is 18.8. The molecule has 0 aliphatic carbocycles. The highest BCUT2D eigenvalue weighted by molar-refractivity contribution is 5.88. The van der Waals surface area contributed by atoms with Crippen LogP contribution in [0.1, 0.15) is 31.4 Å². The zero-order valence-corrected chi connectivity index (χ0v) is 16.0. The van der Waals surface area contributed by atoms with E-state index in [9.17, 15) is 9.59 Å². The molecule has 3 rings (SSSR count). The molecule has 0 spiro atoms. The smallest absolute Gasteiger partial charge is 0.378 e. The van der Waals surface area contributed by atoms with E-state index in [1.54, 1.807) is 4.68 Å². The van der Waals surface area contributed by atoms with E-state index in [2.05, 4.69) is 15.4 Å². The lowest BCUT2D eigenvalue weighted by Gasteiger charge is -2.20. The van der Waals surface area contributed by atoms with Crippen molar-refractivity contribution >= 4 is 11.9 Å². The maximum Gasteiger partial charge on any atom is 0.378 e. The molecule has 0 fully saturated rings. The highest BCUT2D eigenvalue weighted by atomic mass is 16.5. The topological polar surface area (TPSA) is 86.1 Å². The van der Waals surface area contributed by atoms with Gasteiger partial charge < -0.3 is 10.1 Å². The molecule has 7 nitrogen and oxygen atoms in total. The standard InChI is InChI=1S/C21H22N4O3/c1-21(2,3)23-17(26)14-28-20(27)18-22-19(15-10-6-4-7-11-15)25(24-18)16-12-8-5-9-13-16/h4-13H,14H2,1-3H3,(H,23,26). The molecule has 7 heteroatoms. The number of nitrogens with one attached hydrogen (secondary N) is 1. The number of hydrogen-bond acceptors (Lipinski definition) is 5. The van der Waals surface area contributed by atoms with Crippen molar-refractivity contribution in [2.24, 2.45) is 0 Å². The van der Waals surface area contributed by atoms with Crippen LogP contribution < -0.4 is 5.32 Å². The van der Waals surface area contributed by atoms with Crippen LogP contribution >= 0.6 is 0 Å². The first-order valence-electron chi connectivity index (χ1n) is 8.89. The number of ether oxygens (including phenoxy) is 1. The molecule has 0 aliphatic heterocycles. The van der Waals surface area contributed by atoms with Crippen LogP contribution in [0.3, 0.4) is 0 Å². The summed E-state index contributed by atoms with van der Waals surface area (Å²) < 4.78 is 6.67. The molecular formula is C21H22N4O3. The Morgan fingerprint density at radius 3 is 2.21 bits per heavy atom. The second-order valence-electron chi connectivity index (χ2n) is 7.25. The van der Waals surface area contributed by atoms with Crippen molar-refractivity contribution in [3.63, 3.8) is 0 Å². The third-order valence-electron chi connectivity index (χ3n) is 3.67. The quantitative estimate of drug-likeness (QED) is 0.690. The maximum atomic E-state index is 12.4. The SMILES string of the molecule is CC(C)(C)NC(=O)COC(=O)c1nc(-c2ccccc2)n(-c2ccccc2)n1. The van der Waals surface area contributed by atoms with Crippen molar-refractivity contribution in [3.8, 4) is 17.1 Å². The molecule has 0 aliphatic rings. The fourth-order valence-corrected chi connectivity index (χ4v) is 2.57. The molecular weight excluding hydrogens is 356 g/mol. The van der Waals surface area contributed by atoms with Crippen LogP contribution in [0.4, 0.5) is 0 Å². The Hall–Kier alpha value is -3.48. The Kier molecular flexibility index (Phi) is 5.54. The lowest BCUT2D eigenvalue weighted by molar-refractivity contribution is -0.125. The van der Waals surface area contributed by atoms with Crippen molar-refractivity contribution in [1.29, 1.82) is 0 Å². The van der Waals surface area contributed by atoms with Gasteiger partial charge in [0.05, 0.1) is 5.69 Å². The fraction of sp³-hybridized carbons (Fsp3) is 0.238. The normalized spacial score (nSPS) is 11.1. The molecule has 0 radical (unpaired) electrons. The molecule has 0 unspecified atom stereocenters. The molecule has 1 N–H and O–H groups in total. The summed E-state index contributed by atoms with van der Waals surface area (Å²) in [5, 5.41) is 7.04. The third kappa shape index (κ3) is 4.82. The van der Waals surface area contributed by atoms with Gasteiger partial charge in [0.25, 0.3) is 11.7 Å². The minimum atomic E-state index is -0.754. The number of esters is 1. The summed E-state index contributed by atoms with van der Waals surface area (Å²) >= 11 is 0. The van der Waals surface area contributed by atoms with E-state index in [0.29, 0.717) is 5.82 Å². The zero-order valence-electron chi connectivity index (χ0n) is 16.0. The molecule has 1 amide bonds. The first-order chi connectivity index (χ1) is 13.3. The molecule has 2 aromatic carbocycles. The van der Waals surface area contributed by atoms with E-state index < -0.39 is 18.1 Å². The van der Waals surface area contributed by atoms with Gasteiger partial charge in [-0.15, -0.1) is 5.10 Å². The number of amides is 1. The first kappa shape index (κ1) is 19.3. The molecule has 0 saturated heterocycles. The number of nitrogens with zero attached hydrogens (tertiary/aromatic N) is 3. The van der Waals surface area contributed by atoms with E-state index in [-0.39, 0.29) is 11.7 Å². The van der Waals surface area contributed by atoms with Crippen LogP contribution in [-0.4, -0.2) is 38.8 Å². The fourth-order valence-electron chi connectivity index (χ4n) is 2.57. The molecule has 0 atom stereocenters. The predicted molar refractivity (Wildman–Crippen MR) is 105 cm³/mol. The van der Waals surface area contributed by atoms with Gasteiger partial charge in [-0.2, -0.15) is 0 Å². The summed E-state index contributed by atoms with van der Waals surface area (Å²) in [4.78, 5) is 28.6. The van der Waals surface area contributed by atoms with E-state index in [1.165, 1.54) is 0 Å². The molecule has 1 aromatic heterocycles. The van der Waals surface area contributed by atoms with Gasteiger partial charge >= 0.3 is 5.97 Å². The van der Waals surface area contributed by atoms with E-state index in [4.69, 9.17) is 4.74 Å². The van der Waals surface area contributed by atoms with Crippen LogP contribution in [0.15, 0.2) is 60.7 Å². The second-order valence-corrected chi connectivity index (χ2v) is 7.25. The number of rotatable bonds is 5. The highest BCUT2D eigenvalue weighted by Gasteiger charge is 2.21. The molecule has 1 heterocycles. The van der Waals surface area contributed by atoms with Crippen LogP contribution in [-0.2, 0) is 9.53 Å². The third-order valence-corrected chi connectivity index (χ3v) is 3.67. The summed E-state index contributed by atoms with van der Waals surface area (Å²) in [5.41, 5.74) is 1.17. The number of benzene rings is 2. The predicted octanol–water partition coefficient (Wildman–Crippen LogP) is 3.01. The van der Waals surface area contributed by atoms with Crippen LogP contribution in [0.25, 0.3) is 17.1 Å². The molecule has 144 valence electrons. The Balaban J connectivity index is 1.85. The molecule has 0 bridgehead atoms. The van der Waals surface area contributed by atoms with Crippen molar-refractivity contribution < 1.29 is 14.3 Å². The number of hydrogen-bond donors (Lipinski definition) is 1. The summed E-state index contributed by atoms with van der Waals surface area (Å²) in [6.45, 7) is 5.16. The first-order valence-corrected chi connectivity index (χ1v) is 8.89. The van der Waals surface area contributed by atoms with Gasteiger partial charge in [0.2, 0.25) is 0 Å². The number of carbonyl (C=O) groups excluding carboxylic acids is 2. The zero-order chi connectivity index (χ0) is 20.1. The van der Waals surface area contributed by atoms with Crippen LogP contribution in [0, 0.1) is 0 Å². The van der Waals surface area contributed by atoms with Gasteiger partial charge in [-0.3, -0.25) is 4.79 Å². The summed E-state index contributed by atoms with van der Waals surface area (Å²) in [6.07, 6.45) is 0. The second kappa shape index (κ2) is 8.04. The molecule has 3 aromatic rings. The Labute approximate surface area is 163 Å². The minimum absolute atomic E-state index is 0.105. The minimum Gasteiger partial charge on any atom is -0.450 e. The van der Waals surface area contributed by atoms with Crippen molar-refractivity contribution in [3.05, 3.63) is 66.5 Å². The van der Waals surface area contributed by atoms with Gasteiger partial charge in [-0.25, -0.2) is 14.5 Å². The summed E-state index contributed by atoms with van der Waals surface area (Å²) in [5.74, 6) is -0.730. The number of aromatic nitrogens is 3. The lowest BCUT2D eigenvalue weighted by Crippen LogP contribution is -2.42. The van der Waals surface area contributed by atoms with Crippen molar-refractivity contribution in [2.45, 2.75) is 26.3 Å². The van der Waals surface area contributed by atoms with Gasteiger partial charge in [-0.1, -0.05) is 48.5 Å². The van der Waals surface area contributed by atoms with Crippen LogP contribution in [0.5, 0.6) is 0 Å². The average molecular weight is 378 g/mol. The van der Waals surface area contributed by atoms with E-state index >= 15 is 0 Å². The van der Waals surface area contributed by atoms with Crippen molar-refractivity contribution in [1.82, 2.24) is 20.1 Å². The largest absolute Gasteiger partial charge is 0.450 e. The Morgan fingerprint density at radius 1 is 1.00 bits per heavy atom.